The van der Waals surface area contributed by atoms with E-state index in [-0.39, 0.29) is 0 Å². The fourth-order valence-corrected chi connectivity index (χ4v) is 2.75. The van der Waals surface area contributed by atoms with Gasteiger partial charge in [0.25, 0.3) is 0 Å². The highest BCUT2D eigenvalue weighted by Crippen LogP contribution is 2.31. The lowest BCUT2D eigenvalue weighted by Gasteiger charge is -2.14. The van der Waals surface area contributed by atoms with Gasteiger partial charge in [-0.2, -0.15) is 0 Å². The molecule has 0 radical (unpaired) electrons. The Bertz CT molecular complexity index is 581. The maximum absolute atomic E-state index is 10.2. The molecule has 0 saturated heterocycles. The predicted octanol–water partition coefficient (Wildman–Crippen LogP) is 5.69. The van der Waals surface area contributed by atoms with Gasteiger partial charge in [0.2, 0.25) is 0 Å². The molecule has 5 heteroatoms. The summed E-state index contributed by atoms with van der Waals surface area (Å²) in [6.45, 7) is 0. The first kappa shape index (κ1) is 15.1. The number of aliphatic hydroxyl groups is 1. The molecular weight excluding hydrogens is 370 g/mol. The summed E-state index contributed by atoms with van der Waals surface area (Å²) in [7, 11) is 0. The van der Waals surface area contributed by atoms with Gasteiger partial charge in [0.15, 0.2) is 0 Å². The summed E-state index contributed by atoms with van der Waals surface area (Å²) in [5.74, 6) is 0. The second-order valence-corrected chi connectivity index (χ2v) is 6.17. The molecule has 1 N–H and O–H groups in total. The van der Waals surface area contributed by atoms with Gasteiger partial charge < -0.3 is 5.11 Å². The number of halogens is 4. The zero-order valence-electron chi connectivity index (χ0n) is 9.71. The van der Waals surface area contributed by atoms with E-state index in [9.17, 15) is 5.11 Å². The van der Waals surface area contributed by atoms with Crippen LogP contribution in [0.2, 0.25) is 15.1 Å². The Labute approximate surface area is 135 Å². The molecular formula is C14H10BrCl3O. The highest BCUT2D eigenvalue weighted by molar-refractivity contribution is 9.10. The summed E-state index contributed by atoms with van der Waals surface area (Å²) in [5, 5.41) is 11.9. The highest BCUT2D eigenvalue weighted by Gasteiger charge is 2.14. The molecule has 19 heavy (non-hydrogen) atoms. The summed E-state index contributed by atoms with van der Waals surface area (Å²) in [5.41, 5.74) is 1.46. The van der Waals surface area contributed by atoms with Crippen LogP contribution in [0.5, 0.6) is 0 Å². The van der Waals surface area contributed by atoms with E-state index < -0.39 is 6.10 Å². The van der Waals surface area contributed by atoms with Crippen LogP contribution in [0.4, 0.5) is 0 Å². The van der Waals surface area contributed by atoms with Gasteiger partial charge in [-0.3, -0.25) is 0 Å². The van der Waals surface area contributed by atoms with Crippen molar-refractivity contribution in [3.63, 3.8) is 0 Å². The molecule has 0 spiro atoms. The molecule has 0 saturated carbocycles. The van der Waals surface area contributed by atoms with Crippen molar-refractivity contribution in [3.8, 4) is 0 Å². The average molecular weight is 380 g/mol. The summed E-state index contributed by atoms with van der Waals surface area (Å²) in [4.78, 5) is 0. The van der Waals surface area contributed by atoms with Gasteiger partial charge in [0.05, 0.1) is 11.1 Å². The van der Waals surface area contributed by atoms with E-state index in [4.69, 9.17) is 34.8 Å². The van der Waals surface area contributed by atoms with E-state index in [0.29, 0.717) is 21.5 Å². The molecule has 1 nitrogen and oxygen atoms in total. The molecule has 2 aromatic rings. The third-order valence-electron chi connectivity index (χ3n) is 2.79. The van der Waals surface area contributed by atoms with E-state index >= 15 is 0 Å². The Hall–Kier alpha value is -0.250. The third-order valence-corrected chi connectivity index (χ3v) is 4.73. The number of aliphatic hydroxyl groups excluding tert-OH is 1. The summed E-state index contributed by atoms with van der Waals surface area (Å²) in [6.07, 6.45) is -0.362. The number of hydrogen-bond donors (Lipinski definition) is 1. The zero-order chi connectivity index (χ0) is 14.0. The van der Waals surface area contributed by atoms with Crippen molar-refractivity contribution in [2.45, 2.75) is 12.5 Å². The van der Waals surface area contributed by atoms with Crippen molar-refractivity contribution in [2.24, 2.45) is 0 Å². The lowest BCUT2D eigenvalue weighted by molar-refractivity contribution is 0.178. The molecule has 2 aromatic carbocycles. The molecule has 0 amide bonds. The summed E-state index contributed by atoms with van der Waals surface area (Å²) in [6, 6.07) is 10.6. The van der Waals surface area contributed by atoms with Crippen molar-refractivity contribution in [1.82, 2.24) is 0 Å². The van der Waals surface area contributed by atoms with Crippen LogP contribution in [-0.4, -0.2) is 5.11 Å². The quantitative estimate of drug-likeness (QED) is 0.726. The lowest BCUT2D eigenvalue weighted by Crippen LogP contribution is -2.03. The second-order valence-electron chi connectivity index (χ2n) is 4.09. The van der Waals surface area contributed by atoms with Crippen LogP contribution >= 0.6 is 50.7 Å². The van der Waals surface area contributed by atoms with Crippen LogP contribution in [0.25, 0.3) is 0 Å². The maximum Gasteiger partial charge on any atom is 0.0831 e. The first-order valence-electron chi connectivity index (χ1n) is 5.55. The van der Waals surface area contributed by atoms with Gasteiger partial charge in [-0.1, -0.05) is 46.9 Å². The zero-order valence-corrected chi connectivity index (χ0v) is 13.6. The molecule has 1 unspecified atom stereocenters. The summed E-state index contributed by atoms with van der Waals surface area (Å²) >= 11 is 21.5. The maximum atomic E-state index is 10.2. The van der Waals surface area contributed by atoms with Crippen LogP contribution in [0.15, 0.2) is 40.9 Å². The fourth-order valence-electron chi connectivity index (χ4n) is 1.76. The van der Waals surface area contributed by atoms with Gasteiger partial charge in [-0.15, -0.1) is 0 Å². The number of rotatable bonds is 3. The normalized spacial score (nSPS) is 12.5. The monoisotopic (exact) mass is 378 g/mol. The molecule has 0 bridgehead atoms. The van der Waals surface area contributed by atoms with Crippen molar-refractivity contribution in [3.05, 3.63) is 67.1 Å². The van der Waals surface area contributed by atoms with E-state index in [1.165, 1.54) is 0 Å². The molecule has 0 aliphatic carbocycles. The highest BCUT2D eigenvalue weighted by atomic mass is 79.9. The smallest absolute Gasteiger partial charge is 0.0831 e. The van der Waals surface area contributed by atoms with Crippen LogP contribution in [0.3, 0.4) is 0 Å². The molecule has 0 aliphatic rings. The van der Waals surface area contributed by atoms with E-state index in [2.05, 4.69) is 15.9 Å². The molecule has 1 atom stereocenters. The van der Waals surface area contributed by atoms with E-state index in [0.717, 1.165) is 15.6 Å². The fraction of sp³-hybridized carbons (Fsp3) is 0.143. The van der Waals surface area contributed by atoms with E-state index in [1.807, 2.05) is 6.07 Å². The third kappa shape index (κ3) is 3.65. The average Bonchev–Trinajstić information content (AvgIpc) is 2.37. The van der Waals surface area contributed by atoms with Gasteiger partial charge in [0.1, 0.15) is 0 Å². The Morgan fingerprint density at radius 3 is 2.21 bits per heavy atom. The largest absolute Gasteiger partial charge is 0.388 e. The minimum atomic E-state index is -0.706. The first-order valence-corrected chi connectivity index (χ1v) is 7.47. The van der Waals surface area contributed by atoms with Crippen molar-refractivity contribution < 1.29 is 5.11 Å². The SMILES string of the molecule is OC(Cc1c(Cl)cccc1Cl)c1ccc(Br)c(Cl)c1. The van der Waals surface area contributed by atoms with Crippen LogP contribution in [0.1, 0.15) is 17.2 Å². The standard InChI is InChI=1S/C14H10BrCl3O/c15-10-5-4-8(6-13(10)18)14(19)7-9-11(16)2-1-3-12(9)17/h1-6,14,19H,7H2. The van der Waals surface area contributed by atoms with E-state index in [1.54, 1.807) is 30.3 Å². The van der Waals surface area contributed by atoms with Crippen LogP contribution < -0.4 is 0 Å². The lowest BCUT2D eigenvalue weighted by atomic mass is 10.0. The van der Waals surface area contributed by atoms with Gasteiger partial charge in [-0.25, -0.2) is 0 Å². The minimum absolute atomic E-state index is 0.344. The number of hydrogen-bond acceptors (Lipinski definition) is 1. The predicted molar refractivity (Wildman–Crippen MR) is 84.3 cm³/mol. The topological polar surface area (TPSA) is 20.2 Å². The second kappa shape index (κ2) is 6.47. The molecule has 0 aliphatic heterocycles. The molecule has 0 heterocycles. The van der Waals surface area contributed by atoms with Crippen molar-refractivity contribution >= 4 is 50.7 Å². The first-order chi connectivity index (χ1) is 8.99. The van der Waals surface area contributed by atoms with Crippen LogP contribution in [0, 0.1) is 0 Å². The minimum Gasteiger partial charge on any atom is -0.388 e. The molecule has 0 aromatic heterocycles. The molecule has 100 valence electrons. The molecule has 2 rings (SSSR count). The van der Waals surface area contributed by atoms with Gasteiger partial charge in [-0.05, 0) is 51.3 Å². The Balaban J connectivity index is 2.25. The Kier molecular flexibility index (Phi) is 5.15. The number of benzene rings is 2. The molecule has 0 fully saturated rings. The Morgan fingerprint density at radius 2 is 1.63 bits per heavy atom. The van der Waals surface area contributed by atoms with Gasteiger partial charge in [0, 0.05) is 20.9 Å². The summed E-state index contributed by atoms with van der Waals surface area (Å²) < 4.78 is 0.792. The van der Waals surface area contributed by atoms with Crippen LogP contribution in [-0.2, 0) is 6.42 Å². The van der Waals surface area contributed by atoms with Crippen molar-refractivity contribution in [1.29, 1.82) is 0 Å². The van der Waals surface area contributed by atoms with Gasteiger partial charge >= 0.3 is 0 Å². The Morgan fingerprint density at radius 1 is 1.00 bits per heavy atom. The van der Waals surface area contributed by atoms with Crippen molar-refractivity contribution in [2.75, 3.05) is 0 Å².